The van der Waals surface area contributed by atoms with Crippen molar-refractivity contribution < 1.29 is 13.7 Å². The Balaban J connectivity index is 2.39. The standard InChI is InChI=1S/C9H8F2N2O2/c10-9(11)2-1-8-6(4-9)3-7(5-12-8)13(14)15/h3,5H,1-2,4H2. The summed E-state index contributed by atoms with van der Waals surface area (Å²) in [4.78, 5) is 13.6. The fraction of sp³-hybridized carbons (Fsp3) is 0.444. The minimum atomic E-state index is -2.76. The molecule has 0 bridgehead atoms. The van der Waals surface area contributed by atoms with Gasteiger partial charge in [-0.3, -0.25) is 15.1 Å². The summed E-state index contributed by atoms with van der Waals surface area (Å²) in [6.45, 7) is 0. The molecule has 1 aromatic rings. The summed E-state index contributed by atoms with van der Waals surface area (Å²) in [5, 5.41) is 10.4. The molecule has 0 saturated heterocycles. The van der Waals surface area contributed by atoms with E-state index in [9.17, 15) is 18.9 Å². The summed E-state index contributed by atoms with van der Waals surface area (Å²) in [7, 11) is 0. The number of aromatic nitrogens is 1. The highest BCUT2D eigenvalue weighted by Crippen LogP contribution is 2.33. The molecular weight excluding hydrogens is 206 g/mol. The molecule has 0 atom stereocenters. The molecule has 4 nitrogen and oxygen atoms in total. The summed E-state index contributed by atoms with van der Waals surface area (Å²) >= 11 is 0. The number of aryl methyl sites for hydroxylation is 1. The Kier molecular flexibility index (Phi) is 2.13. The largest absolute Gasteiger partial charge is 0.287 e. The number of hydrogen-bond donors (Lipinski definition) is 0. The van der Waals surface area contributed by atoms with Crippen LogP contribution in [-0.2, 0) is 12.8 Å². The van der Waals surface area contributed by atoms with E-state index >= 15 is 0 Å². The first kappa shape index (κ1) is 9.95. The Labute approximate surface area is 84.1 Å². The predicted molar refractivity (Wildman–Crippen MR) is 47.9 cm³/mol. The molecule has 0 N–H and O–H groups in total. The van der Waals surface area contributed by atoms with Crippen LogP contribution >= 0.6 is 0 Å². The van der Waals surface area contributed by atoms with Crippen molar-refractivity contribution in [1.29, 1.82) is 0 Å². The fourth-order valence-electron chi connectivity index (χ4n) is 1.67. The minimum Gasteiger partial charge on any atom is -0.258 e. The van der Waals surface area contributed by atoms with Crippen molar-refractivity contribution in [2.45, 2.75) is 25.2 Å². The van der Waals surface area contributed by atoms with E-state index in [4.69, 9.17) is 0 Å². The van der Waals surface area contributed by atoms with Crippen LogP contribution in [0.2, 0.25) is 0 Å². The number of halogens is 2. The number of hydrogen-bond acceptors (Lipinski definition) is 3. The maximum Gasteiger partial charge on any atom is 0.287 e. The van der Waals surface area contributed by atoms with E-state index in [1.54, 1.807) is 0 Å². The zero-order valence-corrected chi connectivity index (χ0v) is 7.74. The van der Waals surface area contributed by atoms with Gasteiger partial charge in [0.25, 0.3) is 11.6 Å². The van der Waals surface area contributed by atoms with Crippen LogP contribution in [0, 0.1) is 10.1 Å². The first-order chi connectivity index (χ1) is 6.98. The Morgan fingerprint density at radius 1 is 1.53 bits per heavy atom. The van der Waals surface area contributed by atoms with Crippen LogP contribution in [0.4, 0.5) is 14.5 Å². The summed E-state index contributed by atoms with van der Waals surface area (Å²) in [6.07, 6.45) is 0.616. The van der Waals surface area contributed by atoms with Crippen LogP contribution in [0.1, 0.15) is 17.7 Å². The van der Waals surface area contributed by atoms with Crippen LogP contribution in [0.25, 0.3) is 0 Å². The third-order valence-electron chi connectivity index (χ3n) is 2.43. The van der Waals surface area contributed by atoms with Crippen LogP contribution in [0.5, 0.6) is 0 Å². The van der Waals surface area contributed by atoms with E-state index in [1.165, 1.54) is 6.07 Å². The molecular formula is C9H8F2N2O2. The van der Waals surface area contributed by atoms with E-state index < -0.39 is 17.3 Å². The summed E-state index contributed by atoms with van der Waals surface area (Å²) in [6, 6.07) is 1.19. The average molecular weight is 214 g/mol. The Hall–Kier alpha value is -1.59. The second kappa shape index (κ2) is 3.22. The van der Waals surface area contributed by atoms with E-state index in [1.807, 2.05) is 0 Å². The lowest BCUT2D eigenvalue weighted by Crippen LogP contribution is -2.26. The number of rotatable bonds is 1. The topological polar surface area (TPSA) is 56.0 Å². The third-order valence-corrected chi connectivity index (χ3v) is 2.43. The molecule has 0 aromatic carbocycles. The second-order valence-corrected chi connectivity index (χ2v) is 3.59. The van der Waals surface area contributed by atoms with Gasteiger partial charge in [0.2, 0.25) is 0 Å². The fourth-order valence-corrected chi connectivity index (χ4v) is 1.67. The van der Waals surface area contributed by atoms with Gasteiger partial charge in [0.1, 0.15) is 6.20 Å². The summed E-state index contributed by atoms with van der Waals surface area (Å²) in [5.74, 6) is -2.76. The molecule has 1 heterocycles. The minimum absolute atomic E-state index is 0.181. The van der Waals surface area contributed by atoms with Crippen molar-refractivity contribution in [1.82, 2.24) is 4.98 Å². The van der Waals surface area contributed by atoms with Crippen LogP contribution < -0.4 is 0 Å². The van der Waals surface area contributed by atoms with Gasteiger partial charge in [-0.2, -0.15) is 0 Å². The molecule has 80 valence electrons. The van der Waals surface area contributed by atoms with Gasteiger partial charge in [-0.15, -0.1) is 0 Å². The SMILES string of the molecule is O=[N+]([O-])c1cnc2c(c1)CC(F)(F)CC2. The van der Waals surface area contributed by atoms with Gasteiger partial charge >= 0.3 is 0 Å². The molecule has 0 aliphatic heterocycles. The van der Waals surface area contributed by atoms with E-state index in [0.717, 1.165) is 6.20 Å². The smallest absolute Gasteiger partial charge is 0.258 e. The zero-order chi connectivity index (χ0) is 11.1. The third kappa shape index (κ3) is 1.93. The van der Waals surface area contributed by atoms with Crippen molar-refractivity contribution >= 4 is 5.69 Å². The highest BCUT2D eigenvalue weighted by Gasteiger charge is 2.35. The number of nitro groups is 1. The van der Waals surface area contributed by atoms with Crippen molar-refractivity contribution in [3.63, 3.8) is 0 Å². The van der Waals surface area contributed by atoms with Crippen LogP contribution in [-0.4, -0.2) is 15.8 Å². The maximum atomic E-state index is 13.0. The van der Waals surface area contributed by atoms with Gasteiger partial charge in [0, 0.05) is 24.6 Å². The molecule has 1 aromatic heterocycles. The zero-order valence-electron chi connectivity index (χ0n) is 7.74. The molecule has 0 amide bonds. The Morgan fingerprint density at radius 3 is 2.93 bits per heavy atom. The van der Waals surface area contributed by atoms with Crippen molar-refractivity contribution in [2.24, 2.45) is 0 Å². The van der Waals surface area contributed by atoms with Gasteiger partial charge in [0.15, 0.2) is 0 Å². The lowest BCUT2D eigenvalue weighted by atomic mass is 9.93. The van der Waals surface area contributed by atoms with Gasteiger partial charge in [-0.05, 0) is 12.0 Å². The van der Waals surface area contributed by atoms with Crippen LogP contribution in [0.3, 0.4) is 0 Å². The number of pyridine rings is 1. The highest BCUT2D eigenvalue weighted by atomic mass is 19.3. The van der Waals surface area contributed by atoms with Gasteiger partial charge in [-0.25, -0.2) is 8.78 Å². The summed E-state index contributed by atoms with van der Waals surface area (Å²) in [5.41, 5.74) is 0.610. The number of alkyl halides is 2. The monoisotopic (exact) mass is 214 g/mol. The van der Waals surface area contributed by atoms with E-state index in [2.05, 4.69) is 4.98 Å². The molecule has 0 fully saturated rings. The van der Waals surface area contributed by atoms with E-state index in [-0.39, 0.29) is 18.5 Å². The average Bonchev–Trinajstić information content (AvgIpc) is 2.15. The molecule has 2 rings (SSSR count). The van der Waals surface area contributed by atoms with Gasteiger partial charge in [-0.1, -0.05) is 0 Å². The normalized spacial score (nSPS) is 18.3. The van der Waals surface area contributed by atoms with Gasteiger partial charge < -0.3 is 0 Å². The highest BCUT2D eigenvalue weighted by molar-refractivity contribution is 5.36. The lowest BCUT2D eigenvalue weighted by Gasteiger charge is -2.22. The Bertz CT molecular complexity index is 421. The molecule has 0 radical (unpaired) electrons. The number of fused-ring (bicyclic) bond motifs is 1. The molecule has 6 heteroatoms. The quantitative estimate of drug-likeness (QED) is 0.531. The second-order valence-electron chi connectivity index (χ2n) is 3.59. The van der Waals surface area contributed by atoms with Crippen molar-refractivity contribution in [3.8, 4) is 0 Å². The predicted octanol–water partition coefficient (Wildman–Crippen LogP) is 2.11. The van der Waals surface area contributed by atoms with Crippen molar-refractivity contribution in [3.05, 3.63) is 33.6 Å². The molecule has 1 aliphatic carbocycles. The molecule has 15 heavy (non-hydrogen) atoms. The molecule has 0 saturated carbocycles. The maximum absolute atomic E-state index is 13.0. The van der Waals surface area contributed by atoms with Crippen LogP contribution in [0.15, 0.2) is 12.3 Å². The van der Waals surface area contributed by atoms with Gasteiger partial charge in [0.05, 0.1) is 4.92 Å². The van der Waals surface area contributed by atoms with Crippen molar-refractivity contribution in [2.75, 3.05) is 0 Å². The summed E-state index contributed by atoms with van der Waals surface area (Å²) < 4.78 is 26.0. The first-order valence-electron chi connectivity index (χ1n) is 4.48. The molecule has 1 aliphatic rings. The first-order valence-corrected chi connectivity index (χ1v) is 4.48. The molecule has 0 unspecified atom stereocenters. The Morgan fingerprint density at radius 2 is 2.27 bits per heavy atom. The molecule has 0 spiro atoms. The number of nitrogens with zero attached hydrogens (tertiary/aromatic N) is 2. The van der Waals surface area contributed by atoms with E-state index in [0.29, 0.717) is 11.3 Å². The lowest BCUT2D eigenvalue weighted by molar-refractivity contribution is -0.385.